The number of non-ortho nitro benzene ring substituents is 1. The third kappa shape index (κ3) is 4.60. The number of ether oxygens (including phenoxy) is 1. The molecule has 0 spiro atoms. The van der Waals surface area contributed by atoms with Crippen LogP contribution in [-0.4, -0.2) is 66.9 Å². The van der Waals surface area contributed by atoms with Crippen molar-refractivity contribution >= 4 is 46.9 Å². The molecule has 1 N–H and O–H groups in total. The van der Waals surface area contributed by atoms with Gasteiger partial charge in [-0.15, -0.1) is 0 Å². The average molecular weight is 493 g/mol. The van der Waals surface area contributed by atoms with E-state index in [0.717, 1.165) is 4.90 Å². The van der Waals surface area contributed by atoms with Crippen LogP contribution in [0.2, 0.25) is 0 Å². The van der Waals surface area contributed by atoms with Gasteiger partial charge >= 0.3 is 6.03 Å². The maximum atomic E-state index is 13.4. The predicted molar refractivity (Wildman–Crippen MR) is 130 cm³/mol. The Morgan fingerprint density at radius 3 is 2.39 bits per heavy atom. The summed E-state index contributed by atoms with van der Waals surface area (Å²) < 4.78 is 5.25. The number of barbiturate groups is 1. The monoisotopic (exact) mass is 493 g/mol. The Morgan fingerprint density at radius 1 is 1.06 bits per heavy atom. The number of carbonyl (C=O) groups is 4. The molecule has 0 aliphatic carbocycles. The van der Waals surface area contributed by atoms with E-state index >= 15 is 0 Å². The van der Waals surface area contributed by atoms with Gasteiger partial charge in [0.15, 0.2) is 0 Å². The second-order valence-electron chi connectivity index (χ2n) is 8.12. The second kappa shape index (κ2) is 9.86. The molecule has 4 rings (SSSR count). The summed E-state index contributed by atoms with van der Waals surface area (Å²) in [6, 6.07) is 9.54. The molecule has 2 heterocycles. The normalized spacial score (nSPS) is 17.3. The van der Waals surface area contributed by atoms with E-state index in [2.05, 4.69) is 5.32 Å². The lowest BCUT2D eigenvalue weighted by Crippen LogP contribution is -2.54. The zero-order valence-corrected chi connectivity index (χ0v) is 19.6. The van der Waals surface area contributed by atoms with E-state index in [0.29, 0.717) is 31.9 Å². The molecule has 2 aromatic carbocycles. The number of nitro benzene ring substituents is 1. The summed E-state index contributed by atoms with van der Waals surface area (Å²) in [6.07, 6.45) is 1.24. The number of para-hydroxylation sites is 2. The summed E-state index contributed by atoms with van der Waals surface area (Å²) in [5.41, 5.74) is 0.352. The van der Waals surface area contributed by atoms with Gasteiger partial charge in [0.1, 0.15) is 11.3 Å². The molecule has 2 aromatic rings. The molecule has 0 atom stereocenters. The van der Waals surface area contributed by atoms with Crippen molar-refractivity contribution in [1.29, 1.82) is 0 Å². The van der Waals surface area contributed by atoms with E-state index in [9.17, 15) is 29.3 Å². The Morgan fingerprint density at radius 2 is 1.75 bits per heavy atom. The summed E-state index contributed by atoms with van der Waals surface area (Å²) in [4.78, 5) is 65.6. The summed E-state index contributed by atoms with van der Waals surface area (Å²) >= 11 is 0. The van der Waals surface area contributed by atoms with Crippen LogP contribution < -0.4 is 19.9 Å². The van der Waals surface area contributed by atoms with E-state index in [4.69, 9.17) is 4.74 Å². The van der Waals surface area contributed by atoms with Crippen molar-refractivity contribution in [1.82, 2.24) is 10.2 Å². The molecule has 0 bridgehead atoms. The van der Waals surface area contributed by atoms with Gasteiger partial charge in [0, 0.05) is 56.5 Å². The first-order valence-corrected chi connectivity index (χ1v) is 11.0. The van der Waals surface area contributed by atoms with Crippen molar-refractivity contribution in [2.45, 2.75) is 6.92 Å². The Bertz CT molecular complexity index is 1300. The average Bonchev–Trinajstić information content (AvgIpc) is 2.86. The van der Waals surface area contributed by atoms with Crippen molar-refractivity contribution in [2.24, 2.45) is 0 Å². The maximum Gasteiger partial charge on any atom is 0.336 e. The Labute approximate surface area is 205 Å². The Balaban J connectivity index is 1.76. The molecule has 36 heavy (non-hydrogen) atoms. The van der Waals surface area contributed by atoms with Gasteiger partial charge in [-0.2, -0.15) is 0 Å². The summed E-state index contributed by atoms with van der Waals surface area (Å²) in [5.74, 6) is -1.62. The molecule has 5 amide bonds. The number of anilines is 2. The number of carbonyl (C=O) groups excluding carboxylic acids is 4. The van der Waals surface area contributed by atoms with Crippen LogP contribution in [0.4, 0.5) is 21.9 Å². The number of rotatable bonds is 5. The molecule has 12 nitrogen and oxygen atoms in total. The summed E-state index contributed by atoms with van der Waals surface area (Å²) in [6.45, 7) is 3.31. The van der Waals surface area contributed by atoms with Gasteiger partial charge in [-0.25, -0.2) is 9.69 Å². The van der Waals surface area contributed by atoms with Crippen LogP contribution in [0.5, 0.6) is 5.75 Å². The van der Waals surface area contributed by atoms with Crippen molar-refractivity contribution in [2.75, 3.05) is 43.1 Å². The van der Waals surface area contributed by atoms with E-state index in [1.54, 1.807) is 29.2 Å². The summed E-state index contributed by atoms with van der Waals surface area (Å²) in [7, 11) is 1.38. The minimum Gasteiger partial charge on any atom is -0.495 e. The second-order valence-corrected chi connectivity index (χ2v) is 8.12. The number of piperazine rings is 1. The Hall–Kier alpha value is -4.74. The fourth-order valence-corrected chi connectivity index (χ4v) is 4.17. The minimum absolute atomic E-state index is 0.0498. The minimum atomic E-state index is -0.939. The molecule has 0 aromatic heterocycles. The van der Waals surface area contributed by atoms with E-state index in [1.165, 1.54) is 38.3 Å². The number of nitrogens with zero attached hydrogens (tertiary/aromatic N) is 4. The number of urea groups is 1. The molecule has 12 heteroatoms. The molecule has 0 radical (unpaired) electrons. The first kappa shape index (κ1) is 24.4. The SMILES string of the molecule is COc1ccccc1N1C(=O)NC(=O)/C(=C/c2cc([N+](=O)[O-])ccc2N2CCN(C(C)=O)CC2)C1=O. The van der Waals surface area contributed by atoms with Crippen molar-refractivity contribution in [3.8, 4) is 5.75 Å². The summed E-state index contributed by atoms with van der Waals surface area (Å²) in [5, 5.41) is 13.6. The van der Waals surface area contributed by atoms with E-state index < -0.39 is 22.8 Å². The topological polar surface area (TPSA) is 142 Å². The zero-order chi connectivity index (χ0) is 26.0. The van der Waals surface area contributed by atoms with Crippen molar-refractivity contribution in [3.63, 3.8) is 0 Å². The molecule has 186 valence electrons. The van der Waals surface area contributed by atoms with E-state index in [1.807, 2.05) is 4.90 Å². The van der Waals surface area contributed by atoms with Gasteiger partial charge in [-0.1, -0.05) is 12.1 Å². The molecule has 0 saturated carbocycles. The van der Waals surface area contributed by atoms with Gasteiger partial charge in [0.2, 0.25) is 5.91 Å². The highest BCUT2D eigenvalue weighted by atomic mass is 16.6. The number of imide groups is 2. The molecule has 2 saturated heterocycles. The van der Waals surface area contributed by atoms with Crippen LogP contribution in [0, 0.1) is 10.1 Å². The number of methoxy groups -OCH3 is 1. The molecular formula is C24H23N5O7. The molecular weight excluding hydrogens is 470 g/mol. The number of hydrogen-bond acceptors (Lipinski definition) is 8. The smallest absolute Gasteiger partial charge is 0.336 e. The highest BCUT2D eigenvalue weighted by Crippen LogP contribution is 2.33. The molecule has 2 aliphatic rings. The van der Waals surface area contributed by atoms with Gasteiger partial charge in [-0.3, -0.25) is 29.8 Å². The number of hydrogen-bond donors (Lipinski definition) is 1. The molecule has 2 fully saturated rings. The lowest BCUT2D eigenvalue weighted by atomic mass is 10.0. The molecule has 0 unspecified atom stereocenters. The zero-order valence-electron chi connectivity index (χ0n) is 19.6. The number of nitro groups is 1. The van der Waals surface area contributed by atoms with Gasteiger partial charge < -0.3 is 14.5 Å². The van der Waals surface area contributed by atoms with Crippen LogP contribution in [-0.2, 0) is 14.4 Å². The fraction of sp³-hybridized carbons (Fsp3) is 0.250. The first-order chi connectivity index (χ1) is 17.2. The molecule has 2 aliphatic heterocycles. The maximum absolute atomic E-state index is 13.4. The van der Waals surface area contributed by atoms with Gasteiger partial charge in [-0.05, 0) is 24.3 Å². The highest BCUT2D eigenvalue weighted by Gasteiger charge is 2.38. The quantitative estimate of drug-likeness (QED) is 0.288. The fourth-order valence-electron chi connectivity index (χ4n) is 4.17. The standard InChI is InChI=1S/C24H23N5O7/c1-15(30)26-9-11-27(12-10-26)19-8-7-17(29(34)35)13-16(19)14-18-22(31)25-24(33)28(23(18)32)20-5-3-4-6-21(20)36-2/h3-8,13-14H,9-12H2,1-2H3,(H,25,31,33)/b18-14-. The predicted octanol–water partition coefficient (Wildman–Crippen LogP) is 1.94. The van der Waals surface area contributed by atoms with E-state index in [-0.39, 0.29) is 34.2 Å². The van der Waals surface area contributed by atoms with Crippen molar-refractivity contribution < 1.29 is 28.8 Å². The largest absolute Gasteiger partial charge is 0.495 e. The third-order valence-electron chi connectivity index (χ3n) is 6.02. The van der Waals surface area contributed by atoms with Crippen LogP contribution in [0.3, 0.4) is 0 Å². The van der Waals surface area contributed by atoms with Crippen molar-refractivity contribution in [3.05, 3.63) is 63.7 Å². The van der Waals surface area contributed by atoms with Crippen LogP contribution in [0.1, 0.15) is 12.5 Å². The lowest BCUT2D eigenvalue weighted by Gasteiger charge is -2.36. The van der Waals surface area contributed by atoms with Gasteiger partial charge in [0.25, 0.3) is 17.5 Å². The highest BCUT2D eigenvalue weighted by molar-refractivity contribution is 6.39. The van der Waals surface area contributed by atoms with Crippen LogP contribution >= 0.6 is 0 Å². The Kier molecular flexibility index (Phi) is 6.68. The lowest BCUT2D eigenvalue weighted by molar-refractivity contribution is -0.384. The first-order valence-electron chi connectivity index (χ1n) is 11.0. The number of amides is 5. The third-order valence-corrected chi connectivity index (χ3v) is 6.02. The number of benzene rings is 2. The van der Waals surface area contributed by atoms with Crippen LogP contribution in [0.15, 0.2) is 48.0 Å². The number of nitrogens with one attached hydrogen (secondary N) is 1. The van der Waals surface area contributed by atoms with Gasteiger partial charge in [0.05, 0.1) is 17.7 Å². The van der Waals surface area contributed by atoms with Crippen LogP contribution in [0.25, 0.3) is 6.08 Å².